The van der Waals surface area contributed by atoms with Crippen molar-refractivity contribution in [2.75, 3.05) is 13.1 Å². The van der Waals surface area contributed by atoms with Crippen molar-refractivity contribution in [3.05, 3.63) is 33.8 Å². The average molecular weight is 260 g/mol. The molecule has 0 atom stereocenters. The molecule has 0 amide bonds. The first kappa shape index (κ1) is 13.8. The van der Waals surface area contributed by atoms with Crippen LogP contribution in [0.3, 0.4) is 0 Å². The first-order valence-corrected chi connectivity index (χ1v) is 6.35. The van der Waals surface area contributed by atoms with Gasteiger partial charge in [-0.05, 0) is 30.0 Å². The maximum atomic E-state index is 6.18. The highest BCUT2D eigenvalue weighted by Crippen LogP contribution is 2.30. The van der Waals surface area contributed by atoms with Crippen molar-refractivity contribution < 1.29 is 0 Å². The summed E-state index contributed by atoms with van der Waals surface area (Å²) < 4.78 is 0. The molecule has 16 heavy (non-hydrogen) atoms. The first-order valence-electron chi connectivity index (χ1n) is 5.60. The molecule has 0 fully saturated rings. The SMILES string of the molecule is CCNCC(C)(C)Cc1cccc(Cl)c1Cl. The van der Waals surface area contributed by atoms with E-state index in [1.165, 1.54) is 0 Å². The van der Waals surface area contributed by atoms with Crippen LogP contribution >= 0.6 is 23.2 Å². The molecular formula is C13H19Cl2N. The van der Waals surface area contributed by atoms with Gasteiger partial charge < -0.3 is 5.32 Å². The Kier molecular flexibility index (Phi) is 5.10. The number of nitrogens with one attached hydrogen (secondary N) is 1. The van der Waals surface area contributed by atoms with Crippen LogP contribution in [-0.4, -0.2) is 13.1 Å². The van der Waals surface area contributed by atoms with Crippen LogP contribution in [0.25, 0.3) is 0 Å². The van der Waals surface area contributed by atoms with E-state index >= 15 is 0 Å². The molecule has 0 radical (unpaired) electrons. The third-order valence-corrected chi connectivity index (χ3v) is 3.41. The van der Waals surface area contributed by atoms with Crippen LogP contribution in [0, 0.1) is 5.41 Å². The number of benzene rings is 1. The summed E-state index contributed by atoms with van der Waals surface area (Å²) in [4.78, 5) is 0. The monoisotopic (exact) mass is 259 g/mol. The van der Waals surface area contributed by atoms with Crippen molar-refractivity contribution in [2.45, 2.75) is 27.2 Å². The van der Waals surface area contributed by atoms with Gasteiger partial charge in [0.25, 0.3) is 0 Å². The van der Waals surface area contributed by atoms with Crippen molar-refractivity contribution in [3.8, 4) is 0 Å². The molecular weight excluding hydrogens is 241 g/mol. The Morgan fingerprint density at radius 1 is 1.25 bits per heavy atom. The summed E-state index contributed by atoms with van der Waals surface area (Å²) in [7, 11) is 0. The fourth-order valence-electron chi connectivity index (χ4n) is 1.73. The van der Waals surface area contributed by atoms with Gasteiger partial charge in [-0.15, -0.1) is 0 Å². The normalized spacial score (nSPS) is 11.8. The lowest BCUT2D eigenvalue weighted by molar-refractivity contribution is 0.342. The molecule has 0 saturated carbocycles. The summed E-state index contributed by atoms with van der Waals surface area (Å²) in [5, 5.41) is 4.69. The Bertz CT molecular complexity index is 348. The van der Waals surface area contributed by atoms with E-state index in [1.807, 2.05) is 18.2 Å². The molecule has 0 saturated heterocycles. The fourth-order valence-corrected chi connectivity index (χ4v) is 2.11. The molecule has 0 spiro atoms. The predicted molar refractivity (Wildman–Crippen MR) is 72.5 cm³/mol. The molecule has 0 heterocycles. The summed E-state index contributed by atoms with van der Waals surface area (Å²) in [6, 6.07) is 5.82. The van der Waals surface area contributed by atoms with E-state index in [0.717, 1.165) is 25.1 Å². The molecule has 0 aliphatic heterocycles. The molecule has 1 N–H and O–H groups in total. The second-order valence-corrected chi connectivity index (χ2v) is 5.62. The minimum Gasteiger partial charge on any atom is -0.316 e. The summed E-state index contributed by atoms with van der Waals surface area (Å²) in [6.45, 7) is 8.54. The smallest absolute Gasteiger partial charge is 0.0624 e. The van der Waals surface area contributed by atoms with Gasteiger partial charge in [-0.1, -0.05) is 56.1 Å². The summed E-state index contributed by atoms with van der Waals surface area (Å²) >= 11 is 12.2. The second-order valence-electron chi connectivity index (χ2n) is 4.83. The molecule has 1 rings (SSSR count). The zero-order valence-corrected chi connectivity index (χ0v) is 11.6. The first-order chi connectivity index (χ1) is 7.46. The topological polar surface area (TPSA) is 12.0 Å². The van der Waals surface area contributed by atoms with E-state index in [4.69, 9.17) is 23.2 Å². The zero-order valence-electron chi connectivity index (χ0n) is 10.1. The third kappa shape index (κ3) is 3.97. The molecule has 0 aliphatic rings. The Labute approximate surface area is 108 Å². The quantitative estimate of drug-likeness (QED) is 0.837. The molecule has 0 unspecified atom stereocenters. The maximum Gasteiger partial charge on any atom is 0.0624 e. The van der Waals surface area contributed by atoms with Gasteiger partial charge >= 0.3 is 0 Å². The maximum absolute atomic E-state index is 6.18. The number of hydrogen-bond acceptors (Lipinski definition) is 1. The van der Waals surface area contributed by atoms with E-state index < -0.39 is 0 Å². The molecule has 1 aromatic carbocycles. The minimum absolute atomic E-state index is 0.185. The molecule has 1 nitrogen and oxygen atoms in total. The summed E-state index contributed by atoms with van der Waals surface area (Å²) in [5.74, 6) is 0. The lowest BCUT2D eigenvalue weighted by atomic mass is 9.85. The van der Waals surface area contributed by atoms with Crippen molar-refractivity contribution in [1.82, 2.24) is 5.32 Å². The summed E-state index contributed by atoms with van der Waals surface area (Å²) in [6.07, 6.45) is 0.930. The molecule has 0 aromatic heterocycles. The predicted octanol–water partition coefficient (Wildman–Crippen LogP) is 4.17. The van der Waals surface area contributed by atoms with Crippen LogP contribution in [0.15, 0.2) is 18.2 Å². The van der Waals surface area contributed by atoms with E-state index in [9.17, 15) is 0 Å². The lowest BCUT2D eigenvalue weighted by Crippen LogP contribution is -2.31. The minimum atomic E-state index is 0.185. The fraction of sp³-hybridized carbons (Fsp3) is 0.538. The van der Waals surface area contributed by atoms with Crippen LogP contribution in [0.2, 0.25) is 10.0 Å². The van der Waals surface area contributed by atoms with Crippen LogP contribution < -0.4 is 5.32 Å². The molecule has 3 heteroatoms. The van der Waals surface area contributed by atoms with Gasteiger partial charge in [-0.3, -0.25) is 0 Å². The van der Waals surface area contributed by atoms with Crippen LogP contribution in [0.4, 0.5) is 0 Å². The molecule has 0 bridgehead atoms. The Morgan fingerprint density at radius 3 is 2.56 bits per heavy atom. The van der Waals surface area contributed by atoms with Crippen LogP contribution in [-0.2, 0) is 6.42 Å². The van der Waals surface area contributed by atoms with Gasteiger partial charge in [0.2, 0.25) is 0 Å². The Morgan fingerprint density at radius 2 is 1.94 bits per heavy atom. The molecule has 90 valence electrons. The van der Waals surface area contributed by atoms with Gasteiger partial charge in [0.15, 0.2) is 0 Å². The highest BCUT2D eigenvalue weighted by atomic mass is 35.5. The number of hydrogen-bond donors (Lipinski definition) is 1. The van der Waals surface area contributed by atoms with E-state index in [0.29, 0.717) is 10.0 Å². The van der Waals surface area contributed by atoms with E-state index in [1.54, 1.807) is 0 Å². The Balaban J connectivity index is 2.75. The number of rotatable bonds is 5. The highest BCUT2D eigenvalue weighted by molar-refractivity contribution is 6.42. The number of halogens is 2. The van der Waals surface area contributed by atoms with Crippen LogP contribution in [0.1, 0.15) is 26.3 Å². The Hall–Kier alpha value is -0.240. The van der Waals surface area contributed by atoms with Crippen molar-refractivity contribution in [2.24, 2.45) is 5.41 Å². The third-order valence-electron chi connectivity index (χ3n) is 2.55. The van der Waals surface area contributed by atoms with Gasteiger partial charge in [-0.25, -0.2) is 0 Å². The highest BCUT2D eigenvalue weighted by Gasteiger charge is 2.19. The van der Waals surface area contributed by atoms with Gasteiger partial charge in [0.1, 0.15) is 0 Å². The van der Waals surface area contributed by atoms with E-state index in [2.05, 4.69) is 26.1 Å². The largest absolute Gasteiger partial charge is 0.316 e. The zero-order chi connectivity index (χ0) is 12.2. The van der Waals surface area contributed by atoms with Crippen LogP contribution in [0.5, 0.6) is 0 Å². The second kappa shape index (κ2) is 5.90. The van der Waals surface area contributed by atoms with Gasteiger partial charge in [0.05, 0.1) is 10.0 Å². The van der Waals surface area contributed by atoms with Gasteiger partial charge in [-0.2, -0.15) is 0 Å². The summed E-state index contributed by atoms with van der Waals surface area (Å²) in [5.41, 5.74) is 1.31. The molecule has 1 aromatic rings. The average Bonchev–Trinajstić information content (AvgIpc) is 2.22. The van der Waals surface area contributed by atoms with Crippen molar-refractivity contribution in [1.29, 1.82) is 0 Å². The van der Waals surface area contributed by atoms with Crippen molar-refractivity contribution >= 4 is 23.2 Å². The lowest BCUT2D eigenvalue weighted by Gasteiger charge is -2.25. The van der Waals surface area contributed by atoms with Crippen molar-refractivity contribution in [3.63, 3.8) is 0 Å². The van der Waals surface area contributed by atoms with E-state index in [-0.39, 0.29) is 5.41 Å². The molecule has 0 aliphatic carbocycles. The van der Waals surface area contributed by atoms with Gasteiger partial charge in [0, 0.05) is 6.54 Å². The standard InChI is InChI=1S/C13H19Cl2N/c1-4-16-9-13(2,3)8-10-6-5-7-11(14)12(10)15/h5-7,16H,4,8-9H2,1-3H3.